The Morgan fingerprint density at radius 3 is 2.61 bits per heavy atom. The van der Waals surface area contributed by atoms with E-state index in [-0.39, 0.29) is 24.5 Å². The highest BCUT2D eigenvalue weighted by atomic mass is 32.2. The van der Waals surface area contributed by atoms with Gasteiger partial charge in [0, 0.05) is 18.4 Å². The summed E-state index contributed by atoms with van der Waals surface area (Å²) in [5.41, 5.74) is -0.626. The van der Waals surface area contributed by atoms with Gasteiger partial charge in [-0.25, -0.2) is 8.42 Å². The van der Waals surface area contributed by atoms with Crippen LogP contribution in [0.15, 0.2) is 18.2 Å². The number of sulfone groups is 1. The number of nitro benzene ring substituents is 1. The molecule has 0 aliphatic rings. The van der Waals surface area contributed by atoms with Gasteiger partial charge < -0.3 is 4.74 Å². The standard InChI is InChI=1S/C10H12FNO5S/c1-18(15,16)6-2-5-17-8-3-4-10(12(13)14)9(11)7-8/h3-4,7H,2,5-6H2,1H3. The van der Waals surface area contributed by atoms with E-state index in [4.69, 9.17) is 4.74 Å². The number of hydrogen-bond acceptors (Lipinski definition) is 5. The van der Waals surface area contributed by atoms with Crippen molar-refractivity contribution >= 4 is 15.5 Å². The lowest BCUT2D eigenvalue weighted by Crippen LogP contribution is -2.08. The van der Waals surface area contributed by atoms with E-state index in [1.807, 2.05) is 0 Å². The first-order chi connectivity index (χ1) is 8.29. The topological polar surface area (TPSA) is 86.5 Å². The van der Waals surface area contributed by atoms with Gasteiger partial charge in [-0.05, 0) is 12.5 Å². The molecular weight excluding hydrogens is 265 g/mol. The summed E-state index contributed by atoms with van der Waals surface area (Å²) in [4.78, 5) is 9.53. The SMILES string of the molecule is CS(=O)(=O)CCCOc1ccc([N+](=O)[O-])c(F)c1. The minimum absolute atomic E-state index is 0.0253. The summed E-state index contributed by atoms with van der Waals surface area (Å²) in [5, 5.41) is 10.4. The first-order valence-corrected chi connectivity index (χ1v) is 7.10. The molecule has 0 fully saturated rings. The second kappa shape index (κ2) is 5.76. The number of nitrogens with zero attached hydrogens (tertiary/aromatic N) is 1. The van der Waals surface area contributed by atoms with E-state index in [1.54, 1.807) is 0 Å². The minimum Gasteiger partial charge on any atom is -0.493 e. The smallest absolute Gasteiger partial charge is 0.305 e. The summed E-state index contributed by atoms with van der Waals surface area (Å²) in [6.07, 6.45) is 1.38. The average molecular weight is 277 g/mol. The van der Waals surface area contributed by atoms with E-state index in [9.17, 15) is 22.9 Å². The van der Waals surface area contributed by atoms with Gasteiger partial charge in [0.1, 0.15) is 15.6 Å². The molecule has 0 saturated carbocycles. The molecule has 100 valence electrons. The molecule has 1 aromatic carbocycles. The van der Waals surface area contributed by atoms with Gasteiger partial charge in [-0.1, -0.05) is 0 Å². The van der Waals surface area contributed by atoms with Gasteiger partial charge in [0.15, 0.2) is 0 Å². The molecule has 0 aliphatic carbocycles. The zero-order valence-electron chi connectivity index (χ0n) is 9.63. The molecule has 6 nitrogen and oxygen atoms in total. The van der Waals surface area contributed by atoms with Gasteiger partial charge >= 0.3 is 5.69 Å². The molecule has 0 N–H and O–H groups in total. The van der Waals surface area contributed by atoms with Crippen LogP contribution in [0.3, 0.4) is 0 Å². The van der Waals surface area contributed by atoms with Crippen molar-refractivity contribution in [1.29, 1.82) is 0 Å². The number of halogens is 1. The minimum atomic E-state index is -3.05. The molecule has 0 aromatic heterocycles. The second-order valence-corrected chi connectivity index (χ2v) is 5.96. The molecular formula is C10H12FNO5S. The molecule has 8 heteroatoms. The Morgan fingerprint density at radius 1 is 1.44 bits per heavy atom. The largest absolute Gasteiger partial charge is 0.493 e. The van der Waals surface area contributed by atoms with Crippen LogP contribution in [-0.4, -0.2) is 32.0 Å². The van der Waals surface area contributed by atoms with Crippen molar-refractivity contribution in [2.45, 2.75) is 6.42 Å². The maximum atomic E-state index is 13.2. The number of nitro groups is 1. The second-order valence-electron chi connectivity index (χ2n) is 3.70. The summed E-state index contributed by atoms with van der Waals surface area (Å²) in [7, 11) is -3.05. The molecule has 0 heterocycles. The summed E-state index contributed by atoms with van der Waals surface area (Å²) in [6.45, 7) is 0.102. The third-order valence-corrected chi connectivity index (χ3v) is 3.07. The van der Waals surface area contributed by atoms with E-state index in [0.717, 1.165) is 18.4 Å². The molecule has 0 bridgehead atoms. The maximum absolute atomic E-state index is 13.2. The molecule has 0 amide bonds. The Labute approximate surface area is 103 Å². The predicted molar refractivity (Wildman–Crippen MR) is 62.9 cm³/mol. The summed E-state index contributed by atoms with van der Waals surface area (Å²) in [6, 6.07) is 3.17. The van der Waals surface area contributed by atoms with Crippen molar-refractivity contribution < 1.29 is 22.5 Å². The van der Waals surface area contributed by atoms with Crippen LogP contribution in [0.5, 0.6) is 5.75 Å². The molecule has 0 atom stereocenters. The fourth-order valence-electron chi connectivity index (χ4n) is 1.24. The van der Waals surface area contributed by atoms with E-state index < -0.39 is 26.3 Å². The molecule has 0 saturated heterocycles. The Balaban J connectivity index is 2.54. The summed E-state index contributed by atoms with van der Waals surface area (Å²) in [5.74, 6) is -0.880. The molecule has 1 aromatic rings. The van der Waals surface area contributed by atoms with Crippen LogP contribution >= 0.6 is 0 Å². The summed E-state index contributed by atoms with van der Waals surface area (Å²) < 4.78 is 39.9. The monoisotopic (exact) mass is 277 g/mol. The lowest BCUT2D eigenvalue weighted by atomic mass is 10.3. The van der Waals surface area contributed by atoms with Gasteiger partial charge in [-0.15, -0.1) is 0 Å². The molecule has 0 radical (unpaired) electrons. The van der Waals surface area contributed by atoms with E-state index in [0.29, 0.717) is 0 Å². The van der Waals surface area contributed by atoms with Gasteiger partial charge in [0.25, 0.3) is 0 Å². The van der Waals surface area contributed by atoms with Crippen molar-refractivity contribution in [3.8, 4) is 5.75 Å². The summed E-state index contributed by atoms with van der Waals surface area (Å²) >= 11 is 0. The zero-order chi connectivity index (χ0) is 13.8. The molecule has 0 aliphatic heterocycles. The Kier molecular flexibility index (Phi) is 4.60. The van der Waals surface area contributed by atoms with Crippen molar-refractivity contribution in [3.63, 3.8) is 0 Å². The number of rotatable bonds is 6. The van der Waals surface area contributed by atoms with E-state index in [2.05, 4.69) is 0 Å². The fourth-order valence-corrected chi connectivity index (χ4v) is 1.88. The van der Waals surface area contributed by atoms with Crippen LogP contribution in [0.25, 0.3) is 0 Å². The van der Waals surface area contributed by atoms with E-state index >= 15 is 0 Å². The third-order valence-electron chi connectivity index (χ3n) is 2.04. The molecule has 1 rings (SSSR count). The predicted octanol–water partition coefficient (Wildman–Crippen LogP) is 1.55. The Morgan fingerprint density at radius 2 is 2.11 bits per heavy atom. The van der Waals surface area contributed by atoms with Crippen LogP contribution in [0.1, 0.15) is 6.42 Å². The highest BCUT2D eigenvalue weighted by molar-refractivity contribution is 7.90. The highest BCUT2D eigenvalue weighted by Gasteiger charge is 2.14. The van der Waals surface area contributed by atoms with E-state index in [1.165, 1.54) is 6.07 Å². The third kappa shape index (κ3) is 4.66. The number of ether oxygens (including phenoxy) is 1. The van der Waals surface area contributed by atoms with Crippen molar-refractivity contribution in [1.82, 2.24) is 0 Å². The fraction of sp³-hybridized carbons (Fsp3) is 0.400. The van der Waals surface area contributed by atoms with Gasteiger partial charge in [-0.3, -0.25) is 10.1 Å². The van der Waals surface area contributed by atoms with Crippen LogP contribution in [-0.2, 0) is 9.84 Å². The maximum Gasteiger partial charge on any atom is 0.305 e. The lowest BCUT2D eigenvalue weighted by Gasteiger charge is -2.05. The first kappa shape index (κ1) is 14.4. The lowest BCUT2D eigenvalue weighted by molar-refractivity contribution is -0.387. The van der Waals surface area contributed by atoms with Crippen molar-refractivity contribution in [3.05, 3.63) is 34.1 Å². The molecule has 18 heavy (non-hydrogen) atoms. The van der Waals surface area contributed by atoms with Crippen LogP contribution in [0.2, 0.25) is 0 Å². The number of hydrogen-bond donors (Lipinski definition) is 0. The number of benzene rings is 1. The molecule has 0 unspecified atom stereocenters. The van der Waals surface area contributed by atoms with Crippen LogP contribution in [0, 0.1) is 15.9 Å². The van der Waals surface area contributed by atoms with Gasteiger partial charge in [0.05, 0.1) is 17.3 Å². The quantitative estimate of drug-likeness (QED) is 0.447. The Bertz CT molecular complexity index is 543. The molecule has 0 spiro atoms. The van der Waals surface area contributed by atoms with Gasteiger partial charge in [0.2, 0.25) is 5.82 Å². The first-order valence-electron chi connectivity index (χ1n) is 5.04. The van der Waals surface area contributed by atoms with Gasteiger partial charge in [-0.2, -0.15) is 4.39 Å². The average Bonchev–Trinajstić information content (AvgIpc) is 2.22. The zero-order valence-corrected chi connectivity index (χ0v) is 10.4. The normalized spacial score (nSPS) is 11.2. The van der Waals surface area contributed by atoms with Crippen molar-refractivity contribution in [2.24, 2.45) is 0 Å². The van der Waals surface area contributed by atoms with Crippen LogP contribution < -0.4 is 4.74 Å². The highest BCUT2D eigenvalue weighted by Crippen LogP contribution is 2.22. The Hall–Kier alpha value is -1.70. The van der Waals surface area contributed by atoms with Crippen molar-refractivity contribution in [2.75, 3.05) is 18.6 Å². The van der Waals surface area contributed by atoms with Crippen LogP contribution in [0.4, 0.5) is 10.1 Å².